The van der Waals surface area contributed by atoms with Gasteiger partial charge < -0.3 is 15.8 Å². The van der Waals surface area contributed by atoms with Crippen molar-refractivity contribution in [3.8, 4) is 0 Å². The highest BCUT2D eigenvalue weighted by Crippen LogP contribution is 2.17. The highest BCUT2D eigenvalue weighted by Gasteiger charge is 2.22. The van der Waals surface area contributed by atoms with E-state index >= 15 is 0 Å². The number of nitrogen functional groups attached to an aromatic ring is 1. The number of benzene rings is 1. The number of carbonyl (C=O) groups excluding carboxylic acids is 1. The number of nitrogens with zero attached hydrogens (tertiary/aromatic N) is 1. The van der Waals surface area contributed by atoms with Crippen molar-refractivity contribution in [3.05, 3.63) is 24.3 Å². The molecule has 0 aromatic heterocycles. The lowest BCUT2D eigenvalue weighted by atomic mass is 9.99. The van der Waals surface area contributed by atoms with Crippen molar-refractivity contribution >= 4 is 17.3 Å². The monoisotopic (exact) mass is 291 g/mol. The first-order valence-electron chi connectivity index (χ1n) is 7.50. The smallest absolute Gasteiger partial charge is 0.241 e. The maximum absolute atomic E-state index is 12.3. The molecule has 1 aromatic carbocycles. The second kappa shape index (κ2) is 7.43. The minimum absolute atomic E-state index is 0.00448. The molecule has 0 bridgehead atoms. The van der Waals surface area contributed by atoms with E-state index in [9.17, 15) is 4.79 Å². The van der Waals surface area contributed by atoms with Gasteiger partial charge >= 0.3 is 0 Å². The molecule has 5 nitrogen and oxygen atoms in total. The van der Waals surface area contributed by atoms with Crippen LogP contribution in [0.4, 0.5) is 11.4 Å². The molecule has 0 aliphatic carbocycles. The van der Waals surface area contributed by atoms with Crippen molar-refractivity contribution in [2.75, 3.05) is 37.9 Å². The Balaban J connectivity index is 1.85. The third kappa shape index (κ3) is 4.72. The quantitative estimate of drug-likeness (QED) is 0.814. The van der Waals surface area contributed by atoms with Crippen molar-refractivity contribution in [1.29, 1.82) is 0 Å². The molecule has 2 rings (SSSR count). The second-order valence-electron chi connectivity index (χ2n) is 5.79. The number of anilines is 2. The number of nitrogens with two attached hydrogens (primary N) is 1. The van der Waals surface area contributed by atoms with E-state index in [2.05, 4.69) is 10.2 Å². The first-order chi connectivity index (χ1) is 10.1. The van der Waals surface area contributed by atoms with Crippen LogP contribution in [0.3, 0.4) is 0 Å². The summed E-state index contributed by atoms with van der Waals surface area (Å²) in [4.78, 5) is 14.4. The normalized spacial score (nSPS) is 17.7. The Morgan fingerprint density at radius 2 is 2.19 bits per heavy atom. The number of amides is 1. The molecule has 1 aromatic rings. The Bertz CT molecular complexity index is 472. The largest absolute Gasteiger partial charge is 0.399 e. The summed E-state index contributed by atoms with van der Waals surface area (Å²) in [6.07, 6.45) is 2.15. The van der Waals surface area contributed by atoms with Crippen LogP contribution in [0.1, 0.15) is 19.8 Å². The Hall–Kier alpha value is -1.59. The van der Waals surface area contributed by atoms with Gasteiger partial charge in [0.2, 0.25) is 5.91 Å². The van der Waals surface area contributed by atoms with Gasteiger partial charge in [-0.2, -0.15) is 0 Å². The van der Waals surface area contributed by atoms with E-state index in [1.807, 2.05) is 26.1 Å². The molecule has 1 saturated heterocycles. The number of nitrogens with one attached hydrogen (secondary N) is 1. The molecule has 3 N–H and O–H groups in total. The van der Waals surface area contributed by atoms with Crippen LogP contribution in [-0.2, 0) is 9.53 Å². The predicted molar refractivity (Wildman–Crippen MR) is 85.1 cm³/mol. The van der Waals surface area contributed by atoms with Gasteiger partial charge in [-0.25, -0.2) is 0 Å². The van der Waals surface area contributed by atoms with Gasteiger partial charge in [-0.15, -0.1) is 0 Å². The summed E-state index contributed by atoms with van der Waals surface area (Å²) in [5, 5.41) is 2.92. The van der Waals surface area contributed by atoms with Crippen LogP contribution in [-0.4, -0.2) is 43.7 Å². The van der Waals surface area contributed by atoms with Crippen molar-refractivity contribution < 1.29 is 9.53 Å². The Kier molecular flexibility index (Phi) is 5.59. The second-order valence-corrected chi connectivity index (χ2v) is 5.79. The highest BCUT2D eigenvalue weighted by molar-refractivity contribution is 5.94. The average Bonchev–Trinajstić information content (AvgIpc) is 2.47. The lowest BCUT2D eigenvalue weighted by Gasteiger charge is -2.30. The zero-order valence-corrected chi connectivity index (χ0v) is 12.8. The molecule has 1 heterocycles. The molecule has 116 valence electrons. The van der Waals surface area contributed by atoms with Crippen LogP contribution in [0.25, 0.3) is 0 Å². The van der Waals surface area contributed by atoms with Gasteiger partial charge in [-0.3, -0.25) is 9.69 Å². The minimum Gasteiger partial charge on any atom is -0.399 e. The number of carbonyl (C=O) groups is 1. The Morgan fingerprint density at radius 3 is 2.86 bits per heavy atom. The van der Waals surface area contributed by atoms with E-state index in [-0.39, 0.29) is 11.9 Å². The van der Waals surface area contributed by atoms with Crippen LogP contribution in [0.2, 0.25) is 0 Å². The number of likely N-dealkylation sites (N-methyl/N-ethyl adjacent to an activating group) is 1. The van der Waals surface area contributed by atoms with Crippen LogP contribution in [0, 0.1) is 5.92 Å². The summed E-state index contributed by atoms with van der Waals surface area (Å²) in [6, 6.07) is 7.08. The van der Waals surface area contributed by atoms with E-state index in [1.165, 1.54) is 0 Å². The van der Waals surface area contributed by atoms with Crippen molar-refractivity contribution in [3.63, 3.8) is 0 Å². The maximum atomic E-state index is 12.3. The predicted octanol–water partition coefficient (Wildman–Crippen LogP) is 1.95. The number of ether oxygens (including phenoxy) is 1. The topological polar surface area (TPSA) is 67.6 Å². The summed E-state index contributed by atoms with van der Waals surface area (Å²) in [6.45, 7) is 4.53. The maximum Gasteiger partial charge on any atom is 0.241 e. The number of rotatable bonds is 5. The molecule has 1 aliphatic rings. The van der Waals surface area contributed by atoms with E-state index in [1.54, 1.807) is 12.1 Å². The summed E-state index contributed by atoms with van der Waals surface area (Å²) in [7, 11) is 2.00. The average molecular weight is 291 g/mol. The molecule has 21 heavy (non-hydrogen) atoms. The van der Waals surface area contributed by atoms with E-state index in [4.69, 9.17) is 10.5 Å². The van der Waals surface area contributed by atoms with Crippen molar-refractivity contribution in [1.82, 2.24) is 4.90 Å². The third-order valence-electron chi connectivity index (χ3n) is 4.08. The van der Waals surface area contributed by atoms with E-state index in [0.717, 1.165) is 38.3 Å². The first kappa shape index (κ1) is 15.8. The lowest BCUT2D eigenvalue weighted by molar-refractivity contribution is -0.120. The summed E-state index contributed by atoms with van der Waals surface area (Å²) in [5.41, 5.74) is 7.11. The fourth-order valence-electron chi connectivity index (χ4n) is 2.56. The zero-order valence-electron chi connectivity index (χ0n) is 12.8. The molecule has 1 amide bonds. The van der Waals surface area contributed by atoms with Crippen LogP contribution in [0.5, 0.6) is 0 Å². The standard InChI is InChI=1S/C16H25N3O2/c1-12(19(2)11-13-6-8-21-9-7-13)16(20)18-15-5-3-4-14(17)10-15/h3-5,10,12-13H,6-9,11,17H2,1-2H3,(H,18,20). The fourth-order valence-corrected chi connectivity index (χ4v) is 2.56. The summed E-state index contributed by atoms with van der Waals surface area (Å²) in [5.74, 6) is 0.613. The first-order valence-corrected chi connectivity index (χ1v) is 7.50. The van der Waals surface area contributed by atoms with Gasteiger partial charge in [-0.1, -0.05) is 6.07 Å². The van der Waals surface area contributed by atoms with Crippen LogP contribution in [0.15, 0.2) is 24.3 Å². The molecular formula is C16H25N3O2. The molecule has 0 spiro atoms. The molecule has 1 aliphatic heterocycles. The molecule has 1 unspecified atom stereocenters. The van der Waals surface area contributed by atoms with Gasteiger partial charge in [0.1, 0.15) is 0 Å². The molecule has 0 saturated carbocycles. The molecule has 1 fully saturated rings. The van der Waals surface area contributed by atoms with E-state index in [0.29, 0.717) is 11.6 Å². The fraction of sp³-hybridized carbons (Fsp3) is 0.562. The summed E-state index contributed by atoms with van der Waals surface area (Å²) < 4.78 is 5.37. The molecule has 5 heteroatoms. The SMILES string of the molecule is CC(C(=O)Nc1cccc(N)c1)N(C)CC1CCOCC1. The van der Waals surface area contributed by atoms with Gasteiger partial charge in [0.05, 0.1) is 6.04 Å². The highest BCUT2D eigenvalue weighted by atomic mass is 16.5. The minimum atomic E-state index is -0.172. The number of hydrogen-bond donors (Lipinski definition) is 2. The van der Waals surface area contributed by atoms with Gasteiger partial charge in [0, 0.05) is 31.1 Å². The zero-order chi connectivity index (χ0) is 15.2. The molecule has 0 radical (unpaired) electrons. The van der Waals surface area contributed by atoms with Crippen molar-refractivity contribution in [2.45, 2.75) is 25.8 Å². The van der Waals surface area contributed by atoms with Gasteiger partial charge in [0.15, 0.2) is 0 Å². The third-order valence-corrected chi connectivity index (χ3v) is 4.08. The van der Waals surface area contributed by atoms with Crippen LogP contribution < -0.4 is 11.1 Å². The molecular weight excluding hydrogens is 266 g/mol. The van der Waals surface area contributed by atoms with E-state index < -0.39 is 0 Å². The molecule has 1 atom stereocenters. The Labute approximate surface area is 126 Å². The van der Waals surface area contributed by atoms with Crippen molar-refractivity contribution in [2.24, 2.45) is 5.92 Å². The summed E-state index contributed by atoms with van der Waals surface area (Å²) >= 11 is 0. The van der Waals surface area contributed by atoms with Crippen LogP contribution >= 0.6 is 0 Å². The lowest BCUT2D eigenvalue weighted by Crippen LogP contribution is -2.42. The van der Waals surface area contributed by atoms with Gasteiger partial charge in [0.25, 0.3) is 0 Å². The number of hydrogen-bond acceptors (Lipinski definition) is 4. The van der Waals surface area contributed by atoms with Gasteiger partial charge in [-0.05, 0) is 50.9 Å². The Morgan fingerprint density at radius 1 is 1.48 bits per heavy atom.